The lowest BCUT2D eigenvalue weighted by atomic mass is 10.1. The minimum atomic E-state index is -0.0414. The number of rotatable bonds is 7. The van der Waals surface area contributed by atoms with Crippen LogP contribution in [0.5, 0.6) is 11.5 Å². The predicted octanol–water partition coefficient (Wildman–Crippen LogP) is 2.96. The van der Waals surface area contributed by atoms with Crippen LogP contribution < -0.4 is 9.47 Å². The van der Waals surface area contributed by atoms with E-state index in [2.05, 4.69) is 29.2 Å². The molecule has 0 aromatic heterocycles. The minimum Gasteiger partial charge on any atom is -0.493 e. The summed E-state index contributed by atoms with van der Waals surface area (Å²) in [5.74, 6) is 1.05. The summed E-state index contributed by atoms with van der Waals surface area (Å²) < 4.78 is 10.6. The van der Waals surface area contributed by atoms with Gasteiger partial charge in [0.2, 0.25) is 5.91 Å². The van der Waals surface area contributed by atoms with Crippen LogP contribution in [0.25, 0.3) is 6.08 Å². The van der Waals surface area contributed by atoms with Crippen molar-refractivity contribution < 1.29 is 14.3 Å². The van der Waals surface area contributed by atoms with Crippen molar-refractivity contribution in [2.75, 3.05) is 39.9 Å². The predicted molar refractivity (Wildman–Crippen MR) is 111 cm³/mol. The van der Waals surface area contributed by atoms with Gasteiger partial charge in [-0.25, -0.2) is 0 Å². The second-order valence-electron chi connectivity index (χ2n) is 6.78. The average molecular weight is 391 g/mol. The lowest BCUT2D eigenvalue weighted by molar-refractivity contribution is -0.127. The van der Waals surface area contributed by atoms with Crippen LogP contribution in [0.15, 0.2) is 54.6 Å². The number of nitriles is 1. The fourth-order valence-corrected chi connectivity index (χ4v) is 3.26. The number of ether oxygens (including phenoxy) is 2. The highest BCUT2D eigenvalue weighted by molar-refractivity contribution is 5.92. The van der Waals surface area contributed by atoms with Crippen LogP contribution in [0.1, 0.15) is 11.1 Å². The van der Waals surface area contributed by atoms with Crippen molar-refractivity contribution >= 4 is 12.0 Å². The molecule has 0 N–H and O–H groups in total. The highest BCUT2D eigenvalue weighted by atomic mass is 16.5. The average Bonchev–Trinajstić information content (AvgIpc) is 2.77. The number of piperazine rings is 1. The second kappa shape index (κ2) is 10.3. The first-order valence-electron chi connectivity index (χ1n) is 9.60. The number of hydrogen-bond acceptors (Lipinski definition) is 5. The smallest absolute Gasteiger partial charge is 0.246 e. The molecule has 1 heterocycles. The van der Waals surface area contributed by atoms with Crippen molar-refractivity contribution in [2.24, 2.45) is 0 Å². The number of carbonyl (C=O) groups excluding carboxylic acids is 1. The lowest BCUT2D eigenvalue weighted by Crippen LogP contribution is -2.47. The van der Waals surface area contributed by atoms with Gasteiger partial charge in [-0.2, -0.15) is 5.26 Å². The summed E-state index contributed by atoms with van der Waals surface area (Å²) in [6.07, 6.45) is 3.37. The van der Waals surface area contributed by atoms with E-state index in [0.717, 1.165) is 38.3 Å². The van der Waals surface area contributed by atoms with Gasteiger partial charge < -0.3 is 14.4 Å². The Hall–Kier alpha value is -3.30. The number of carbonyl (C=O) groups is 1. The van der Waals surface area contributed by atoms with Crippen molar-refractivity contribution in [3.8, 4) is 17.6 Å². The summed E-state index contributed by atoms with van der Waals surface area (Å²) in [6, 6.07) is 17.7. The maximum absolute atomic E-state index is 12.5. The van der Waals surface area contributed by atoms with Gasteiger partial charge >= 0.3 is 0 Å². The fraction of sp³-hybridized carbons (Fsp3) is 0.304. The Morgan fingerprint density at radius 3 is 2.55 bits per heavy atom. The molecule has 2 aromatic rings. The Morgan fingerprint density at radius 1 is 1.10 bits per heavy atom. The maximum Gasteiger partial charge on any atom is 0.246 e. The van der Waals surface area contributed by atoms with E-state index in [9.17, 15) is 4.79 Å². The fourth-order valence-electron chi connectivity index (χ4n) is 3.26. The molecule has 0 aliphatic carbocycles. The molecule has 2 aromatic carbocycles. The van der Waals surface area contributed by atoms with Gasteiger partial charge in [0.25, 0.3) is 0 Å². The van der Waals surface area contributed by atoms with Crippen LogP contribution in [0.2, 0.25) is 0 Å². The Kier molecular flexibility index (Phi) is 7.26. The molecule has 1 amide bonds. The third-order valence-electron chi connectivity index (χ3n) is 4.83. The molecule has 6 heteroatoms. The lowest BCUT2D eigenvalue weighted by Gasteiger charge is -2.34. The molecule has 0 unspecified atom stereocenters. The Balaban J connectivity index is 1.53. The van der Waals surface area contributed by atoms with Crippen LogP contribution in [0.4, 0.5) is 0 Å². The summed E-state index contributed by atoms with van der Waals surface area (Å²) in [6.45, 7) is 4.06. The zero-order valence-electron chi connectivity index (χ0n) is 16.6. The molecule has 0 spiro atoms. The Bertz CT molecular complexity index is 882. The topological polar surface area (TPSA) is 65.8 Å². The molecule has 29 heavy (non-hydrogen) atoms. The molecule has 1 aliphatic rings. The molecule has 6 nitrogen and oxygen atoms in total. The van der Waals surface area contributed by atoms with E-state index in [0.29, 0.717) is 11.5 Å². The first kappa shape index (κ1) is 20.4. The molecule has 1 fully saturated rings. The first-order chi connectivity index (χ1) is 14.2. The van der Waals surface area contributed by atoms with E-state index in [4.69, 9.17) is 14.7 Å². The number of nitrogens with zero attached hydrogens (tertiary/aromatic N) is 3. The first-order valence-corrected chi connectivity index (χ1v) is 9.60. The van der Waals surface area contributed by atoms with Crippen LogP contribution in [0.3, 0.4) is 0 Å². The van der Waals surface area contributed by atoms with Crippen LogP contribution in [-0.2, 0) is 11.3 Å². The van der Waals surface area contributed by atoms with E-state index in [1.54, 1.807) is 31.4 Å². The molecule has 150 valence electrons. The molecular formula is C23H25N3O3. The number of methoxy groups -OCH3 is 1. The normalized spacial score (nSPS) is 14.6. The summed E-state index contributed by atoms with van der Waals surface area (Å²) in [7, 11) is 1.54. The van der Waals surface area contributed by atoms with Gasteiger partial charge in [0.1, 0.15) is 6.07 Å². The zero-order valence-corrected chi connectivity index (χ0v) is 16.6. The van der Waals surface area contributed by atoms with Crippen molar-refractivity contribution in [3.63, 3.8) is 0 Å². The Morgan fingerprint density at radius 2 is 1.86 bits per heavy atom. The van der Waals surface area contributed by atoms with Crippen LogP contribution in [0, 0.1) is 11.3 Å². The SMILES string of the molecule is COc1cc(/C=C/C(=O)N2CCN(Cc3ccccc3)CC2)ccc1OCC#N. The summed E-state index contributed by atoms with van der Waals surface area (Å²) in [4.78, 5) is 16.8. The van der Waals surface area contributed by atoms with Crippen molar-refractivity contribution in [1.29, 1.82) is 5.26 Å². The number of hydrogen-bond donors (Lipinski definition) is 0. The van der Waals surface area contributed by atoms with E-state index in [-0.39, 0.29) is 12.5 Å². The highest BCUT2D eigenvalue weighted by Crippen LogP contribution is 2.28. The van der Waals surface area contributed by atoms with Gasteiger partial charge in [-0.05, 0) is 29.3 Å². The standard InChI is InChI=1S/C23H25N3O3/c1-28-22-17-19(7-9-21(22)29-16-11-24)8-10-23(27)26-14-12-25(13-15-26)18-20-5-3-2-4-6-20/h2-10,17H,12-16,18H2,1H3/b10-8+. The molecule has 0 radical (unpaired) electrons. The van der Waals surface area contributed by atoms with Gasteiger partial charge in [0.15, 0.2) is 18.1 Å². The van der Waals surface area contributed by atoms with E-state index >= 15 is 0 Å². The van der Waals surface area contributed by atoms with Gasteiger partial charge in [-0.15, -0.1) is 0 Å². The molecule has 1 saturated heterocycles. The van der Waals surface area contributed by atoms with Gasteiger partial charge in [0.05, 0.1) is 7.11 Å². The monoisotopic (exact) mass is 391 g/mol. The minimum absolute atomic E-state index is 0.00753. The van der Waals surface area contributed by atoms with Crippen LogP contribution >= 0.6 is 0 Å². The zero-order chi connectivity index (χ0) is 20.5. The number of benzene rings is 2. The van der Waals surface area contributed by atoms with Crippen LogP contribution in [-0.4, -0.2) is 55.6 Å². The van der Waals surface area contributed by atoms with Crippen molar-refractivity contribution in [1.82, 2.24) is 9.80 Å². The number of amides is 1. The van der Waals surface area contributed by atoms with Gasteiger partial charge in [-0.3, -0.25) is 9.69 Å². The third kappa shape index (κ3) is 5.84. The highest BCUT2D eigenvalue weighted by Gasteiger charge is 2.19. The molecule has 0 saturated carbocycles. The Labute approximate surface area is 171 Å². The quantitative estimate of drug-likeness (QED) is 0.679. The van der Waals surface area contributed by atoms with E-state index in [1.807, 2.05) is 23.1 Å². The molecule has 0 bridgehead atoms. The third-order valence-corrected chi connectivity index (χ3v) is 4.83. The van der Waals surface area contributed by atoms with Crippen molar-refractivity contribution in [3.05, 3.63) is 65.7 Å². The summed E-state index contributed by atoms with van der Waals surface area (Å²) in [5.41, 5.74) is 2.13. The maximum atomic E-state index is 12.5. The molecular weight excluding hydrogens is 366 g/mol. The van der Waals surface area contributed by atoms with Gasteiger partial charge in [0, 0.05) is 38.8 Å². The molecule has 1 aliphatic heterocycles. The second-order valence-corrected chi connectivity index (χ2v) is 6.78. The van der Waals surface area contributed by atoms with E-state index < -0.39 is 0 Å². The molecule has 3 rings (SSSR count). The van der Waals surface area contributed by atoms with Gasteiger partial charge in [-0.1, -0.05) is 36.4 Å². The largest absolute Gasteiger partial charge is 0.493 e. The van der Waals surface area contributed by atoms with E-state index in [1.165, 1.54) is 5.56 Å². The van der Waals surface area contributed by atoms with Crippen molar-refractivity contribution in [2.45, 2.75) is 6.54 Å². The molecule has 0 atom stereocenters. The summed E-state index contributed by atoms with van der Waals surface area (Å²) in [5, 5.41) is 8.63. The summed E-state index contributed by atoms with van der Waals surface area (Å²) >= 11 is 0.